The molecule has 0 saturated heterocycles. The van der Waals surface area contributed by atoms with Crippen LogP contribution in [0.15, 0.2) is 34.9 Å². The number of ketones is 1. The quantitative estimate of drug-likeness (QED) is 0.810. The number of rotatable bonds is 3. The molecule has 0 N–H and O–H groups in total. The number of hydrogen-bond donors (Lipinski definition) is 0. The zero-order valence-electron chi connectivity index (χ0n) is 11.0. The summed E-state index contributed by atoms with van der Waals surface area (Å²) in [5.74, 6) is 0.468. The highest BCUT2D eigenvalue weighted by Gasteiger charge is 2.19. The van der Waals surface area contributed by atoms with Crippen LogP contribution in [0.5, 0.6) is 5.75 Å². The molecule has 98 valence electrons. The van der Waals surface area contributed by atoms with Crippen molar-refractivity contribution >= 4 is 21.7 Å². The van der Waals surface area contributed by atoms with Gasteiger partial charge in [-0.15, -0.1) is 0 Å². The lowest BCUT2D eigenvalue weighted by atomic mass is 10.00. The minimum absolute atomic E-state index is 0.146. The third-order valence-corrected chi connectivity index (χ3v) is 3.74. The summed E-state index contributed by atoms with van der Waals surface area (Å²) in [4.78, 5) is 16.7. The first kappa shape index (κ1) is 13.7. The van der Waals surface area contributed by atoms with Gasteiger partial charge in [0.25, 0.3) is 0 Å². The third-order valence-electron chi connectivity index (χ3n) is 3.10. The average Bonchev–Trinajstić information content (AvgIpc) is 2.41. The Hall–Kier alpha value is -1.68. The number of methoxy groups -OCH3 is 1. The zero-order valence-corrected chi connectivity index (χ0v) is 12.6. The fraction of sp³-hybridized carbons (Fsp3) is 0.200. The molecule has 1 aromatic heterocycles. The van der Waals surface area contributed by atoms with Crippen molar-refractivity contribution in [2.75, 3.05) is 7.11 Å². The number of nitrogens with zero attached hydrogens (tertiary/aromatic N) is 1. The normalized spacial score (nSPS) is 10.3. The molecule has 4 heteroatoms. The van der Waals surface area contributed by atoms with E-state index in [-0.39, 0.29) is 5.78 Å². The smallest absolute Gasteiger partial charge is 0.216 e. The maximum atomic E-state index is 12.5. The van der Waals surface area contributed by atoms with Crippen LogP contribution in [0.4, 0.5) is 0 Å². The van der Waals surface area contributed by atoms with Crippen LogP contribution >= 0.6 is 15.9 Å². The predicted molar refractivity (Wildman–Crippen MR) is 77.8 cm³/mol. The van der Waals surface area contributed by atoms with E-state index in [2.05, 4.69) is 20.9 Å². The van der Waals surface area contributed by atoms with Gasteiger partial charge in [-0.05, 0) is 59.1 Å². The molecular formula is C15H14BrNO2. The van der Waals surface area contributed by atoms with Crippen molar-refractivity contribution in [3.63, 3.8) is 0 Å². The predicted octanol–water partition coefficient (Wildman–Crippen LogP) is 3.70. The molecule has 0 radical (unpaired) electrons. The van der Waals surface area contributed by atoms with Gasteiger partial charge in [-0.1, -0.05) is 6.07 Å². The molecule has 1 aromatic carbocycles. The van der Waals surface area contributed by atoms with Crippen LogP contribution in [-0.4, -0.2) is 17.9 Å². The van der Waals surface area contributed by atoms with Crippen molar-refractivity contribution in [2.45, 2.75) is 13.8 Å². The number of ether oxygens (including phenoxy) is 1. The van der Waals surface area contributed by atoms with Crippen molar-refractivity contribution in [1.82, 2.24) is 4.98 Å². The van der Waals surface area contributed by atoms with E-state index in [1.54, 1.807) is 31.5 Å². The van der Waals surface area contributed by atoms with Crippen molar-refractivity contribution in [2.24, 2.45) is 0 Å². The van der Waals surface area contributed by atoms with Crippen LogP contribution in [0.1, 0.15) is 27.2 Å². The summed E-state index contributed by atoms with van der Waals surface area (Å²) < 4.78 is 6.06. The highest BCUT2D eigenvalue weighted by molar-refractivity contribution is 9.10. The first-order chi connectivity index (χ1) is 9.06. The Morgan fingerprint density at radius 2 is 2.00 bits per heavy atom. The minimum atomic E-state index is -0.146. The molecule has 2 rings (SSSR count). The van der Waals surface area contributed by atoms with Crippen LogP contribution in [0.3, 0.4) is 0 Å². The Bertz CT molecular complexity index is 638. The largest absolute Gasteiger partial charge is 0.496 e. The molecular weight excluding hydrogens is 306 g/mol. The van der Waals surface area contributed by atoms with Gasteiger partial charge in [0.15, 0.2) is 0 Å². The first-order valence-corrected chi connectivity index (χ1v) is 6.65. The summed E-state index contributed by atoms with van der Waals surface area (Å²) in [6, 6.07) is 7.28. The second-order valence-electron chi connectivity index (χ2n) is 4.25. The Morgan fingerprint density at radius 3 is 2.63 bits per heavy atom. The number of hydrogen-bond acceptors (Lipinski definition) is 3. The standard InChI is InChI=1S/C15H14BrNO2/c1-9-6-7-11(15(19-3)10(9)2)14(18)13-12(16)5-4-8-17-13/h4-8H,1-3H3. The average molecular weight is 320 g/mol. The van der Waals surface area contributed by atoms with E-state index < -0.39 is 0 Å². The molecule has 0 spiro atoms. The Kier molecular flexibility index (Phi) is 4.00. The summed E-state index contributed by atoms with van der Waals surface area (Å²) >= 11 is 3.35. The highest BCUT2D eigenvalue weighted by atomic mass is 79.9. The molecule has 0 aliphatic rings. The molecule has 0 bridgehead atoms. The van der Waals surface area contributed by atoms with E-state index in [0.29, 0.717) is 21.5 Å². The van der Waals surface area contributed by atoms with E-state index in [0.717, 1.165) is 11.1 Å². The summed E-state index contributed by atoms with van der Waals surface area (Å²) in [5, 5.41) is 0. The van der Waals surface area contributed by atoms with E-state index in [4.69, 9.17) is 4.74 Å². The molecule has 0 aliphatic carbocycles. The Balaban J connectivity index is 2.57. The fourth-order valence-electron chi connectivity index (χ4n) is 1.91. The first-order valence-electron chi connectivity index (χ1n) is 5.85. The molecule has 0 aliphatic heterocycles. The molecule has 1 heterocycles. The number of carbonyl (C=O) groups excluding carboxylic acids is 1. The lowest BCUT2D eigenvalue weighted by molar-refractivity contribution is 0.103. The monoisotopic (exact) mass is 319 g/mol. The van der Waals surface area contributed by atoms with Gasteiger partial charge in [-0.2, -0.15) is 0 Å². The second kappa shape index (κ2) is 5.53. The Morgan fingerprint density at radius 1 is 1.26 bits per heavy atom. The van der Waals surface area contributed by atoms with Gasteiger partial charge in [0.05, 0.1) is 12.7 Å². The molecule has 0 amide bonds. The van der Waals surface area contributed by atoms with Crippen LogP contribution in [0.2, 0.25) is 0 Å². The summed E-state index contributed by atoms with van der Waals surface area (Å²) in [5.41, 5.74) is 2.99. The summed E-state index contributed by atoms with van der Waals surface area (Å²) in [7, 11) is 1.58. The molecule has 0 fully saturated rings. The van der Waals surface area contributed by atoms with Crippen molar-refractivity contribution in [3.8, 4) is 5.75 Å². The molecule has 0 atom stereocenters. The second-order valence-corrected chi connectivity index (χ2v) is 5.11. The van der Waals surface area contributed by atoms with Gasteiger partial charge in [0.2, 0.25) is 5.78 Å². The lowest BCUT2D eigenvalue weighted by Gasteiger charge is -2.12. The zero-order chi connectivity index (χ0) is 14.0. The van der Waals surface area contributed by atoms with Gasteiger partial charge in [0.1, 0.15) is 11.4 Å². The van der Waals surface area contributed by atoms with Gasteiger partial charge in [-0.3, -0.25) is 9.78 Å². The number of pyridine rings is 1. The molecule has 3 nitrogen and oxygen atoms in total. The topological polar surface area (TPSA) is 39.2 Å². The number of aromatic nitrogens is 1. The summed E-state index contributed by atoms with van der Waals surface area (Å²) in [6.45, 7) is 3.93. The van der Waals surface area contributed by atoms with Crippen LogP contribution < -0.4 is 4.74 Å². The maximum absolute atomic E-state index is 12.5. The number of carbonyl (C=O) groups is 1. The molecule has 0 saturated carbocycles. The van der Waals surface area contributed by atoms with Gasteiger partial charge in [0, 0.05) is 10.7 Å². The molecule has 19 heavy (non-hydrogen) atoms. The van der Waals surface area contributed by atoms with Crippen molar-refractivity contribution < 1.29 is 9.53 Å². The van der Waals surface area contributed by atoms with Crippen LogP contribution in [-0.2, 0) is 0 Å². The van der Waals surface area contributed by atoms with Gasteiger partial charge >= 0.3 is 0 Å². The van der Waals surface area contributed by atoms with E-state index >= 15 is 0 Å². The van der Waals surface area contributed by atoms with E-state index in [1.807, 2.05) is 19.9 Å². The number of halogens is 1. The van der Waals surface area contributed by atoms with E-state index in [9.17, 15) is 4.79 Å². The lowest BCUT2D eigenvalue weighted by Crippen LogP contribution is -2.08. The number of aryl methyl sites for hydroxylation is 1. The van der Waals surface area contributed by atoms with E-state index in [1.165, 1.54) is 0 Å². The van der Waals surface area contributed by atoms with Crippen LogP contribution in [0.25, 0.3) is 0 Å². The summed E-state index contributed by atoms with van der Waals surface area (Å²) in [6.07, 6.45) is 1.60. The van der Waals surface area contributed by atoms with Crippen molar-refractivity contribution in [3.05, 3.63) is 57.3 Å². The fourth-order valence-corrected chi connectivity index (χ4v) is 2.35. The molecule has 0 unspecified atom stereocenters. The SMILES string of the molecule is COc1c(C(=O)c2ncccc2Br)ccc(C)c1C. The van der Waals surface area contributed by atoms with Crippen molar-refractivity contribution in [1.29, 1.82) is 0 Å². The number of benzene rings is 1. The van der Waals surface area contributed by atoms with Gasteiger partial charge in [-0.25, -0.2) is 0 Å². The highest BCUT2D eigenvalue weighted by Crippen LogP contribution is 2.29. The van der Waals surface area contributed by atoms with Crippen LogP contribution in [0, 0.1) is 13.8 Å². The van der Waals surface area contributed by atoms with Gasteiger partial charge < -0.3 is 4.74 Å². The maximum Gasteiger partial charge on any atom is 0.216 e. The third kappa shape index (κ3) is 2.54. The minimum Gasteiger partial charge on any atom is -0.496 e. The Labute approximate surface area is 120 Å². The molecule has 2 aromatic rings.